The third-order valence-corrected chi connectivity index (χ3v) is 5.04. The Morgan fingerprint density at radius 3 is 2.55 bits per heavy atom. The first-order valence-corrected chi connectivity index (χ1v) is 8.67. The van der Waals surface area contributed by atoms with E-state index in [2.05, 4.69) is 5.32 Å². The van der Waals surface area contributed by atoms with Gasteiger partial charge in [0, 0.05) is 25.7 Å². The number of benzene rings is 1. The molecule has 0 atom stereocenters. The highest BCUT2D eigenvalue weighted by Crippen LogP contribution is 2.26. The molecule has 1 aromatic rings. The fraction of sp³-hybridized carbons (Fsp3) is 0.571. The topological polar surface area (TPSA) is 49.4 Å². The highest BCUT2D eigenvalue weighted by molar-refractivity contribution is 7.91. The third-order valence-electron chi connectivity index (χ3n) is 3.43. The molecule has 1 N–H and O–H groups in total. The molecule has 2 rings (SSSR count). The van der Waals surface area contributed by atoms with Gasteiger partial charge in [-0.3, -0.25) is 0 Å². The van der Waals surface area contributed by atoms with E-state index >= 15 is 0 Å². The van der Waals surface area contributed by atoms with Crippen molar-refractivity contribution in [2.45, 2.75) is 26.4 Å². The number of sulfone groups is 1. The van der Waals surface area contributed by atoms with Crippen LogP contribution in [0.1, 0.15) is 19.4 Å². The molecule has 112 valence electrons. The molecule has 0 aliphatic carbocycles. The van der Waals surface area contributed by atoms with E-state index in [1.165, 1.54) is 6.07 Å². The minimum absolute atomic E-state index is 0.0956. The number of anilines is 1. The van der Waals surface area contributed by atoms with Gasteiger partial charge in [-0.25, -0.2) is 12.8 Å². The first-order valence-electron chi connectivity index (χ1n) is 6.85. The van der Waals surface area contributed by atoms with Gasteiger partial charge in [0.15, 0.2) is 9.84 Å². The lowest BCUT2D eigenvalue weighted by atomic mass is 10.1. The van der Waals surface area contributed by atoms with Crippen LogP contribution in [0.3, 0.4) is 0 Å². The van der Waals surface area contributed by atoms with E-state index in [-0.39, 0.29) is 17.3 Å². The van der Waals surface area contributed by atoms with Gasteiger partial charge in [0.2, 0.25) is 0 Å². The Bertz CT molecular complexity index is 559. The normalized spacial score (nSPS) is 18.5. The Morgan fingerprint density at radius 2 is 1.95 bits per heavy atom. The van der Waals surface area contributed by atoms with Gasteiger partial charge in [-0.15, -0.1) is 0 Å². The van der Waals surface area contributed by atoms with E-state index < -0.39 is 9.84 Å². The van der Waals surface area contributed by atoms with Crippen LogP contribution in [0.2, 0.25) is 0 Å². The molecule has 6 heteroatoms. The molecule has 1 aliphatic rings. The van der Waals surface area contributed by atoms with Crippen LogP contribution >= 0.6 is 0 Å². The van der Waals surface area contributed by atoms with Crippen molar-refractivity contribution in [2.75, 3.05) is 29.5 Å². The molecule has 0 amide bonds. The zero-order chi connectivity index (χ0) is 14.8. The van der Waals surface area contributed by atoms with Crippen molar-refractivity contribution in [1.82, 2.24) is 5.32 Å². The van der Waals surface area contributed by atoms with Crippen LogP contribution in [-0.2, 0) is 16.4 Å². The standard InChI is InChI=1S/C14H21FN2O2S/c1-11(2)16-10-12-4-3-5-13(15)14(12)17-6-8-20(18,19)9-7-17/h3-5,11,16H,6-10H2,1-2H3. The fourth-order valence-electron chi connectivity index (χ4n) is 2.31. The summed E-state index contributed by atoms with van der Waals surface area (Å²) in [7, 11) is -2.95. The van der Waals surface area contributed by atoms with Crippen LogP contribution < -0.4 is 10.2 Å². The molecular weight excluding hydrogens is 279 g/mol. The zero-order valence-corrected chi connectivity index (χ0v) is 12.7. The predicted octanol–water partition coefficient (Wildman–Crippen LogP) is 1.56. The van der Waals surface area contributed by atoms with Crippen molar-refractivity contribution in [2.24, 2.45) is 0 Å². The molecule has 1 aromatic carbocycles. The second-order valence-electron chi connectivity index (χ2n) is 5.42. The van der Waals surface area contributed by atoms with Gasteiger partial charge in [-0.1, -0.05) is 26.0 Å². The summed E-state index contributed by atoms with van der Waals surface area (Å²) < 4.78 is 37.1. The monoisotopic (exact) mass is 300 g/mol. The van der Waals surface area contributed by atoms with E-state index in [0.29, 0.717) is 31.4 Å². The van der Waals surface area contributed by atoms with Crippen LogP contribution in [-0.4, -0.2) is 39.1 Å². The smallest absolute Gasteiger partial charge is 0.153 e. The molecule has 0 bridgehead atoms. The number of rotatable bonds is 4. The van der Waals surface area contributed by atoms with Crippen molar-refractivity contribution in [1.29, 1.82) is 0 Å². The molecule has 1 saturated heterocycles. The summed E-state index contributed by atoms with van der Waals surface area (Å²) in [6.07, 6.45) is 0. The maximum absolute atomic E-state index is 14.1. The van der Waals surface area contributed by atoms with Gasteiger partial charge < -0.3 is 10.2 Å². The van der Waals surface area contributed by atoms with Gasteiger partial charge in [0.05, 0.1) is 17.2 Å². The average molecular weight is 300 g/mol. The van der Waals surface area contributed by atoms with Crippen molar-refractivity contribution in [3.05, 3.63) is 29.6 Å². The lowest BCUT2D eigenvalue weighted by Gasteiger charge is -2.31. The SMILES string of the molecule is CC(C)NCc1cccc(F)c1N1CCS(=O)(=O)CC1. The Labute approximate surface area is 119 Å². The number of nitrogens with zero attached hydrogens (tertiary/aromatic N) is 1. The number of hydrogen-bond acceptors (Lipinski definition) is 4. The first-order chi connectivity index (χ1) is 9.39. The Morgan fingerprint density at radius 1 is 1.30 bits per heavy atom. The summed E-state index contributed by atoms with van der Waals surface area (Å²) in [6.45, 7) is 5.36. The predicted molar refractivity (Wildman–Crippen MR) is 79.2 cm³/mol. The van der Waals surface area contributed by atoms with Crippen LogP contribution in [0.15, 0.2) is 18.2 Å². The van der Waals surface area contributed by atoms with Crippen LogP contribution in [0.4, 0.5) is 10.1 Å². The second kappa shape index (κ2) is 6.10. The molecule has 0 unspecified atom stereocenters. The lowest BCUT2D eigenvalue weighted by Crippen LogP contribution is -2.41. The molecule has 0 saturated carbocycles. The maximum atomic E-state index is 14.1. The number of para-hydroxylation sites is 1. The maximum Gasteiger partial charge on any atom is 0.153 e. The fourth-order valence-corrected chi connectivity index (χ4v) is 3.51. The molecule has 1 aliphatic heterocycles. The highest BCUT2D eigenvalue weighted by Gasteiger charge is 2.25. The van der Waals surface area contributed by atoms with Gasteiger partial charge in [0.1, 0.15) is 5.82 Å². The minimum Gasteiger partial charge on any atom is -0.367 e. The highest BCUT2D eigenvalue weighted by atomic mass is 32.2. The van der Waals surface area contributed by atoms with E-state index in [0.717, 1.165) is 5.56 Å². The lowest BCUT2D eigenvalue weighted by molar-refractivity contribution is 0.571. The van der Waals surface area contributed by atoms with Crippen molar-refractivity contribution in [3.63, 3.8) is 0 Å². The third kappa shape index (κ3) is 3.70. The largest absolute Gasteiger partial charge is 0.367 e. The minimum atomic E-state index is -2.95. The van der Waals surface area contributed by atoms with Crippen molar-refractivity contribution >= 4 is 15.5 Å². The molecule has 0 spiro atoms. The summed E-state index contributed by atoms with van der Waals surface area (Å²) in [5, 5.41) is 3.27. The molecule has 4 nitrogen and oxygen atoms in total. The molecule has 0 aromatic heterocycles. The van der Waals surface area contributed by atoms with Crippen LogP contribution in [0.5, 0.6) is 0 Å². The first kappa shape index (κ1) is 15.3. The number of hydrogen-bond donors (Lipinski definition) is 1. The average Bonchev–Trinajstić information content (AvgIpc) is 2.37. The van der Waals surface area contributed by atoms with E-state index in [1.807, 2.05) is 24.8 Å². The van der Waals surface area contributed by atoms with Crippen LogP contribution in [0, 0.1) is 5.82 Å². The molecule has 1 fully saturated rings. The van der Waals surface area contributed by atoms with Crippen molar-refractivity contribution < 1.29 is 12.8 Å². The van der Waals surface area contributed by atoms with E-state index in [1.54, 1.807) is 6.07 Å². The Hall–Kier alpha value is -1.14. The molecular formula is C14H21FN2O2S. The van der Waals surface area contributed by atoms with E-state index in [9.17, 15) is 12.8 Å². The summed E-state index contributed by atoms with van der Waals surface area (Å²) in [4.78, 5) is 1.84. The van der Waals surface area contributed by atoms with Crippen LogP contribution in [0.25, 0.3) is 0 Å². The molecule has 1 heterocycles. The van der Waals surface area contributed by atoms with Gasteiger partial charge in [-0.05, 0) is 11.6 Å². The summed E-state index contributed by atoms with van der Waals surface area (Å²) in [5.41, 5.74) is 1.41. The quantitative estimate of drug-likeness (QED) is 0.917. The second-order valence-corrected chi connectivity index (χ2v) is 7.73. The number of halogens is 1. The Kier molecular flexibility index (Phi) is 4.65. The van der Waals surface area contributed by atoms with E-state index in [4.69, 9.17) is 0 Å². The zero-order valence-electron chi connectivity index (χ0n) is 11.9. The summed E-state index contributed by atoms with van der Waals surface area (Å²) in [5.74, 6) is -0.0936. The van der Waals surface area contributed by atoms with Gasteiger partial charge >= 0.3 is 0 Å². The van der Waals surface area contributed by atoms with Gasteiger partial charge in [0.25, 0.3) is 0 Å². The van der Waals surface area contributed by atoms with Crippen molar-refractivity contribution in [3.8, 4) is 0 Å². The summed E-state index contributed by atoms with van der Waals surface area (Å²) in [6, 6.07) is 5.32. The molecule has 0 radical (unpaired) electrons. The Balaban J connectivity index is 2.22. The molecule has 20 heavy (non-hydrogen) atoms. The summed E-state index contributed by atoms with van der Waals surface area (Å²) >= 11 is 0. The number of nitrogens with one attached hydrogen (secondary N) is 1. The van der Waals surface area contributed by atoms with Gasteiger partial charge in [-0.2, -0.15) is 0 Å².